The molecule has 1 aliphatic rings. The number of alkyl halides is 3. The summed E-state index contributed by atoms with van der Waals surface area (Å²) in [5.41, 5.74) is -5.50. The van der Waals surface area contributed by atoms with Gasteiger partial charge in [-0.3, -0.25) is 4.90 Å². The molecule has 2 rings (SSSR count). The van der Waals surface area contributed by atoms with Gasteiger partial charge in [-0.2, -0.15) is 21.6 Å². The smallest absolute Gasteiger partial charge is 0.486 e. The summed E-state index contributed by atoms with van der Waals surface area (Å²) < 4.78 is 74.7. The highest BCUT2D eigenvalue weighted by Crippen LogP contribution is 2.37. The van der Waals surface area contributed by atoms with E-state index in [1.54, 1.807) is 0 Å². The van der Waals surface area contributed by atoms with Gasteiger partial charge in [0.05, 0.1) is 0 Å². The van der Waals surface area contributed by atoms with Gasteiger partial charge in [-0.25, -0.2) is 0 Å². The molecule has 142 valence electrons. The van der Waals surface area contributed by atoms with Crippen LogP contribution in [-0.4, -0.2) is 51.2 Å². The Morgan fingerprint density at radius 1 is 1.28 bits per heavy atom. The van der Waals surface area contributed by atoms with E-state index >= 15 is 0 Å². The fourth-order valence-corrected chi connectivity index (χ4v) is 2.85. The second kappa shape index (κ2) is 7.69. The molecule has 1 aromatic carbocycles. The number of benzene rings is 1. The fourth-order valence-electron chi connectivity index (χ4n) is 2.39. The molecule has 0 aromatic heterocycles. The van der Waals surface area contributed by atoms with Crippen molar-refractivity contribution in [3.8, 4) is 17.2 Å². The van der Waals surface area contributed by atoms with E-state index in [1.165, 1.54) is 6.07 Å². The van der Waals surface area contributed by atoms with Crippen molar-refractivity contribution < 1.29 is 35.2 Å². The van der Waals surface area contributed by atoms with Crippen LogP contribution >= 0.6 is 0 Å². The van der Waals surface area contributed by atoms with Gasteiger partial charge in [0.15, 0.2) is 11.5 Å². The Hall–Kier alpha value is -1.68. The number of fused-ring (bicyclic) bond motifs is 1. The molecule has 0 saturated carbocycles. The monoisotopic (exact) mass is 383 g/mol. The van der Waals surface area contributed by atoms with Crippen LogP contribution in [0.5, 0.6) is 17.2 Å². The van der Waals surface area contributed by atoms with Gasteiger partial charge >= 0.3 is 15.6 Å². The van der Waals surface area contributed by atoms with Crippen LogP contribution in [0, 0.1) is 0 Å². The Morgan fingerprint density at radius 2 is 2.00 bits per heavy atom. The summed E-state index contributed by atoms with van der Waals surface area (Å²) in [7, 11) is -5.73. The number of rotatable bonds is 7. The van der Waals surface area contributed by atoms with E-state index < -0.39 is 21.4 Å². The molecular weight excluding hydrogens is 363 g/mol. The zero-order valence-corrected chi connectivity index (χ0v) is 14.7. The molecule has 10 heteroatoms. The zero-order valence-electron chi connectivity index (χ0n) is 13.9. The van der Waals surface area contributed by atoms with E-state index in [1.807, 2.05) is 6.92 Å². The van der Waals surface area contributed by atoms with Crippen LogP contribution in [0.1, 0.15) is 20.3 Å². The molecule has 0 aliphatic carbocycles. The van der Waals surface area contributed by atoms with E-state index in [9.17, 15) is 21.6 Å². The molecule has 1 aliphatic heterocycles. The molecule has 0 bridgehead atoms. The fraction of sp³-hybridized carbons (Fsp3) is 0.600. The third kappa shape index (κ3) is 4.91. The van der Waals surface area contributed by atoms with E-state index in [0.29, 0.717) is 18.9 Å². The van der Waals surface area contributed by atoms with Gasteiger partial charge < -0.3 is 13.7 Å². The average molecular weight is 383 g/mol. The van der Waals surface area contributed by atoms with E-state index in [4.69, 9.17) is 9.47 Å². The Labute approximate surface area is 144 Å². The van der Waals surface area contributed by atoms with Crippen molar-refractivity contribution in [2.75, 3.05) is 26.2 Å². The van der Waals surface area contributed by atoms with Crippen LogP contribution in [0.4, 0.5) is 13.2 Å². The normalized spacial score (nSPS) is 17.6. The summed E-state index contributed by atoms with van der Waals surface area (Å²) in [5.74, 6) is -0.00791. The molecule has 1 heterocycles. The van der Waals surface area contributed by atoms with Crippen molar-refractivity contribution in [3.63, 3.8) is 0 Å². The standard InChI is InChI=1S/C15H20F3NO5S/c1-3-7-19(4-2)9-12-10-22-13-6-5-11(8-14(13)23-12)24-25(20,21)15(16,17)18/h5-6,8,12H,3-4,7,9-10H2,1-2H3. The highest BCUT2D eigenvalue weighted by molar-refractivity contribution is 7.88. The van der Waals surface area contributed by atoms with Crippen molar-refractivity contribution in [2.45, 2.75) is 31.9 Å². The maximum Gasteiger partial charge on any atom is 0.534 e. The van der Waals surface area contributed by atoms with Gasteiger partial charge in [-0.15, -0.1) is 0 Å². The largest absolute Gasteiger partial charge is 0.534 e. The number of hydrogen-bond donors (Lipinski definition) is 0. The van der Waals surface area contributed by atoms with Gasteiger partial charge in [0.25, 0.3) is 0 Å². The minimum absolute atomic E-state index is 0.152. The number of ether oxygens (including phenoxy) is 2. The van der Waals surface area contributed by atoms with Gasteiger partial charge in [-0.05, 0) is 31.6 Å². The van der Waals surface area contributed by atoms with Gasteiger partial charge in [0, 0.05) is 12.6 Å². The molecule has 6 nitrogen and oxygen atoms in total. The lowest BCUT2D eigenvalue weighted by Crippen LogP contribution is -2.41. The third-order valence-electron chi connectivity index (χ3n) is 3.57. The summed E-state index contributed by atoms with van der Waals surface area (Å²) >= 11 is 0. The zero-order chi connectivity index (χ0) is 18.7. The van der Waals surface area contributed by atoms with Crippen LogP contribution in [0.2, 0.25) is 0 Å². The molecule has 0 radical (unpaired) electrons. The Kier molecular flexibility index (Phi) is 6.04. The summed E-state index contributed by atoms with van der Waals surface area (Å²) in [6.07, 6.45) is 0.666. The van der Waals surface area contributed by atoms with Crippen molar-refractivity contribution in [1.29, 1.82) is 0 Å². The average Bonchev–Trinajstić information content (AvgIpc) is 2.52. The Bertz CT molecular complexity index is 693. The first kappa shape index (κ1) is 19.6. The second-order valence-electron chi connectivity index (χ2n) is 5.54. The lowest BCUT2D eigenvalue weighted by atomic mass is 10.2. The first-order valence-electron chi connectivity index (χ1n) is 7.83. The Balaban J connectivity index is 2.11. The van der Waals surface area contributed by atoms with Gasteiger partial charge in [-0.1, -0.05) is 13.8 Å². The Morgan fingerprint density at radius 3 is 2.60 bits per heavy atom. The van der Waals surface area contributed by atoms with Crippen molar-refractivity contribution >= 4 is 10.1 Å². The van der Waals surface area contributed by atoms with Crippen LogP contribution in [0.3, 0.4) is 0 Å². The number of nitrogens with zero attached hydrogens (tertiary/aromatic N) is 1. The van der Waals surface area contributed by atoms with Crippen LogP contribution in [0.25, 0.3) is 0 Å². The number of hydrogen-bond acceptors (Lipinski definition) is 6. The van der Waals surface area contributed by atoms with Crippen molar-refractivity contribution in [1.82, 2.24) is 4.90 Å². The third-order valence-corrected chi connectivity index (χ3v) is 4.55. The molecule has 0 spiro atoms. The predicted octanol–water partition coefficient (Wildman–Crippen LogP) is 2.79. The van der Waals surface area contributed by atoms with E-state index in [-0.39, 0.29) is 11.9 Å². The molecule has 1 unspecified atom stereocenters. The first-order valence-corrected chi connectivity index (χ1v) is 9.23. The molecule has 0 N–H and O–H groups in total. The van der Waals surface area contributed by atoms with Gasteiger partial charge in [0.2, 0.25) is 0 Å². The van der Waals surface area contributed by atoms with E-state index in [0.717, 1.165) is 31.6 Å². The highest BCUT2D eigenvalue weighted by atomic mass is 32.2. The summed E-state index contributed by atoms with van der Waals surface area (Å²) in [4.78, 5) is 2.16. The second-order valence-corrected chi connectivity index (χ2v) is 7.07. The predicted molar refractivity (Wildman–Crippen MR) is 84.4 cm³/mol. The SMILES string of the molecule is CCCN(CC)CC1COc2ccc(OS(=O)(=O)C(F)(F)F)cc2O1. The minimum Gasteiger partial charge on any atom is -0.486 e. The lowest BCUT2D eigenvalue weighted by molar-refractivity contribution is -0.0500. The van der Waals surface area contributed by atoms with Crippen molar-refractivity contribution in [2.24, 2.45) is 0 Å². The van der Waals surface area contributed by atoms with Crippen LogP contribution in [0.15, 0.2) is 18.2 Å². The van der Waals surface area contributed by atoms with Crippen LogP contribution in [-0.2, 0) is 10.1 Å². The molecule has 1 aromatic rings. The molecule has 25 heavy (non-hydrogen) atoms. The topological polar surface area (TPSA) is 65.1 Å². The van der Waals surface area contributed by atoms with Gasteiger partial charge in [0.1, 0.15) is 18.5 Å². The first-order chi connectivity index (χ1) is 11.7. The lowest BCUT2D eigenvalue weighted by Gasteiger charge is -2.30. The molecule has 0 amide bonds. The van der Waals surface area contributed by atoms with Crippen LogP contribution < -0.4 is 13.7 Å². The van der Waals surface area contributed by atoms with E-state index in [2.05, 4.69) is 16.0 Å². The number of halogens is 3. The highest BCUT2D eigenvalue weighted by Gasteiger charge is 2.48. The maximum atomic E-state index is 12.4. The summed E-state index contributed by atoms with van der Waals surface area (Å²) in [5, 5.41) is 0. The molecular formula is C15H20F3NO5S. The summed E-state index contributed by atoms with van der Waals surface area (Å²) in [6.45, 7) is 6.68. The minimum atomic E-state index is -5.73. The summed E-state index contributed by atoms with van der Waals surface area (Å²) in [6, 6.07) is 3.48. The quantitative estimate of drug-likeness (QED) is 0.533. The molecule has 1 atom stereocenters. The molecule has 0 saturated heterocycles. The number of likely N-dealkylation sites (N-methyl/N-ethyl adjacent to an activating group) is 1. The maximum absolute atomic E-state index is 12.4. The molecule has 0 fully saturated rings. The van der Waals surface area contributed by atoms with Crippen molar-refractivity contribution in [3.05, 3.63) is 18.2 Å².